The van der Waals surface area contributed by atoms with Crippen LogP contribution in [0.2, 0.25) is 0 Å². The molecule has 0 spiro atoms. The van der Waals surface area contributed by atoms with Crippen molar-refractivity contribution in [2.75, 3.05) is 0 Å². The Balaban J connectivity index is 0. The van der Waals surface area contributed by atoms with Crippen molar-refractivity contribution in [3.63, 3.8) is 0 Å². The SMILES string of the molecule is O=[As](O)(O)O.[Mg]. The van der Waals surface area contributed by atoms with Gasteiger partial charge < -0.3 is 0 Å². The maximum atomic E-state index is 8.94. The average molecular weight is 166 g/mol. The van der Waals surface area contributed by atoms with Crippen LogP contribution in [0.25, 0.3) is 0 Å². The number of hydrogen-bond donors (Lipinski definition) is 3. The molecule has 0 saturated carbocycles. The fraction of sp³-hybridized carbons (Fsp3) is 0. The van der Waals surface area contributed by atoms with Gasteiger partial charge in [0.25, 0.3) is 0 Å². The van der Waals surface area contributed by atoms with Crippen LogP contribution in [0.4, 0.5) is 0 Å². The predicted molar refractivity (Wildman–Crippen MR) is 18.9 cm³/mol. The summed E-state index contributed by atoms with van der Waals surface area (Å²) in [5.41, 5.74) is 0. The Morgan fingerprint density at radius 1 is 1.17 bits per heavy atom. The first kappa shape index (κ1) is 10.1. The third kappa shape index (κ3) is 79.5. The molecule has 0 heterocycles. The van der Waals surface area contributed by atoms with Crippen molar-refractivity contribution in [1.29, 1.82) is 0 Å². The fourth-order valence-electron chi connectivity index (χ4n) is 0. The largest absolute Gasteiger partial charge is 0 e. The van der Waals surface area contributed by atoms with E-state index in [-0.39, 0.29) is 23.1 Å². The van der Waals surface area contributed by atoms with E-state index >= 15 is 0 Å². The molecule has 2 radical (unpaired) electrons. The molecule has 0 fully saturated rings. The molecule has 6 heteroatoms. The fourth-order valence-corrected chi connectivity index (χ4v) is 0. The van der Waals surface area contributed by atoms with Crippen LogP contribution in [0.3, 0.4) is 0 Å². The van der Waals surface area contributed by atoms with Gasteiger partial charge in [0.05, 0.1) is 0 Å². The monoisotopic (exact) mass is 166 g/mol. The molecule has 0 aromatic carbocycles. The maximum Gasteiger partial charge on any atom is 0 e. The summed E-state index contributed by atoms with van der Waals surface area (Å²) in [7, 11) is 0. The van der Waals surface area contributed by atoms with Gasteiger partial charge in [-0.1, -0.05) is 0 Å². The minimum absolute atomic E-state index is 0. The van der Waals surface area contributed by atoms with Crippen molar-refractivity contribution in [2.24, 2.45) is 0 Å². The van der Waals surface area contributed by atoms with E-state index in [0.29, 0.717) is 0 Å². The molecule has 4 nitrogen and oxygen atoms in total. The Bertz CT molecular complexity index is 53.7. The normalized spacial score (nSPS) is 9.83. The van der Waals surface area contributed by atoms with E-state index in [1.807, 2.05) is 0 Å². The molecule has 3 N–H and O–H groups in total. The van der Waals surface area contributed by atoms with E-state index in [0.717, 1.165) is 0 Å². The van der Waals surface area contributed by atoms with Crippen LogP contribution in [0, 0.1) is 0 Å². The van der Waals surface area contributed by atoms with Gasteiger partial charge in [0.2, 0.25) is 0 Å². The molecule has 0 rings (SSSR count). The van der Waals surface area contributed by atoms with Crippen molar-refractivity contribution < 1.29 is 16.0 Å². The Morgan fingerprint density at radius 3 is 1.17 bits per heavy atom. The van der Waals surface area contributed by atoms with Crippen LogP contribution in [-0.2, 0) is 3.74 Å². The second kappa shape index (κ2) is 3.07. The van der Waals surface area contributed by atoms with Crippen molar-refractivity contribution in [3.8, 4) is 0 Å². The third-order valence-corrected chi connectivity index (χ3v) is 0. The smallest absolute Gasteiger partial charge is 0 e. The first-order valence-electron chi connectivity index (χ1n) is 0.783. The molecule has 0 aliphatic rings. The zero-order valence-electron chi connectivity index (χ0n) is 2.90. The van der Waals surface area contributed by atoms with E-state index < -0.39 is 14.5 Å². The standard InChI is InChI=1S/AsH3O4.Mg/c2-1(3,4)5;/h(H3,2,3,4,5);. The molecule has 0 aliphatic carbocycles. The predicted octanol–water partition coefficient (Wildman–Crippen LogP) is -2.55. The van der Waals surface area contributed by atoms with Gasteiger partial charge >= 0.3 is 30.5 Å². The van der Waals surface area contributed by atoms with Gasteiger partial charge in [-0.15, -0.1) is 0 Å². The summed E-state index contributed by atoms with van der Waals surface area (Å²) in [6.07, 6.45) is 0. The molecule has 0 aromatic heterocycles. The zero-order chi connectivity index (χ0) is 4.50. The summed E-state index contributed by atoms with van der Waals surface area (Å²) in [4.78, 5) is 0. The van der Waals surface area contributed by atoms with Crippen LogP contribution < -0.4 is 0 Å². The molecule has 0 atom stereocenters. The van der Waals surface area contributed by atoms with Gasteiger partial charge in [-0.25, -0.2) is 0 Å². The summed E-state index contributed by atoms with van der Waals surface area (Å²) in [5.74, 6) is 0. The van der Waals surface area contributed by atoms with Gasteiger partial charge in [-0.2, -0.15) is 0 Å². The summed E-state index contributed by atoms with van der Waals surface area (Å²) in [5, 5.41) is 0. The summed E-state index contributed by atoms with van der Waals surface area (Å²) in [6, 6.07) is 0. The second-order valence-corrected chi connectivity index (χ2v) is 2.67. The van der Waals surface area contributed by atoms with E-state index in [1.54, 1.807) is 0 Å². The molecule has 6 heavy (non-hydrogen) atoms. The van der Waals surface area contributed by atoms with Crippen molar-refractivity contribution in [3.05, 3.63) is 0 Å². The molecular formula is H3AsMgO4. The molecule has 0 aromatic rings. The summed E-state index contributed by atoms with van der Waals surface area (Å²) >= 11 is -5.12. The summed E-state index contributed by atoms with van der Waals surface area (Å²) in [6.45, 7) is 0. The minimum Gasteiger partial charge on any atom is 0 e. The minimum atomic E-state index is -5.12. The van der Waals surface area contributed by atoms with Crippen LogP contribution in [0.5, 0.6) is 0 Å². The molecule has 34 valence electrons. The molecule has 0 aliphatic heterocycles. The van der Waals surface area contributed by atoms with Crippen LogP contribution in [-0.4, -0.2) is 49.9 Å². The van der Waals surface area contributed by atoms with Crippen molar-refractivity contribution >= 4 is 37.6 Å². The quantitative estimate of drug-likeness (QED) is 0.346. The zero-order valence-corrected chi connectivity index (χ0v) is 6.19. The van der Waals surface area contributed by atoms with E-state index in [9.17, 15) is 0 Å². The molecular weight excluding hydrogens is 163 g/mol. The summed E-state index contributed by atoms with van der Waals surface area (Å²) < 4.78 is 30.7. The van der Waals surface area contributed by atoms with Crippen LogP contribution >= 0.6 is 0 Å². The Hall–Kier alpha value is 1.00. The van der Waals surface area contributed by atoms with Gasteiger partial charge in [-0.3, -0.25) is 0 Å². The maximum absolute atomic E-state index is 8.94. The molecule has 0 bridgehead atoms. The van der Waals surface area contributed by atoms with Gasteiger partial charge in [0.1, 0.15) is 0 Å². The van der Waals surface area contributed by atoms with Crippen LogP contribution in [0.1, 0.15) is 0 Å². The Kier molecular flexibility index (Phi) is 5.15. The second-order valence-electron chi connectivity index (χ2n) is 0.513. The van der Waals surface area contributed by atoms with Gasteiger partial charge in [0, 0.05) is 23.1 Å². The van der Waals surface area contributed by atoms with E-state index in [4.69, 9.17) is 16.0 Å². The van der Waals surface area contributed by atoms with Crippen molar-refractivity contribution in [1.82, 2.24) is 0 Å². The first-order chi connectivity index (χ1) is 2.00. The van der Waals surface area contributed by atoms with E-state index in [1.165, 1.54) is 0 Å². The third-order valence-electron chi connectivity index (χ3n) is 0. The topological polar surface area (TPSA) is 77.8 Å². The van der Waals surface area contributed by atoms with Crippen molar-refractivity contribution in [2.45, 2.75) is 0 Å². The van der Waals surface area contributed by atoms with E-state index in [2.05, 4.69) is 0 Å². The van der Waals surface area contributed by atoms with Crippen LogP contribution in [0.15, 0.2) is 0 Å². The molecule has 0 unspecified atom stereocenters. The molecule has 0 saturated heterocycles. The Morgan fingerprint density at radius 2 is 1.17 bits per heavy atom. The van der Waals surface area contributed by atoms with Gasteiger partial charge in [-0.05, 0) is 0 Å². The average Bonchev–Trinajstić information content (AvgIpc) is 0.722. The first-order valence-corrected chi connectivity index (χ1v) is 4.07. The number of hydrogen-bond acceptors (Lipinski definition) is 1. The van der Waals surface area contributed by atoms with Gasteiger partial charge in [0.15, 0.2) is 0 Å². The number of rotatable bonds is 0. The molecule has 0 amide bonds. The Labute approximate surface area is 53.7 Å².